The minimum atomic E-state index is -3.96. The highest BCUT2D eigenvalue weighted by Gasteiger charge is 2.43. The fourth-order valence-electron chi connectivity index (χ4n) is 2.81. The Balaban J connectivity index is 1.88. The predicted octanol–water partition coefficient (Wildman–Crippen LogP) is 3.18. The van der Waals surface area contributed by atoms with Gasteiger partial charge in [0, 0.05) is 42.2 Å². The summed E-state index contributed by atoms with van der Waals surface area (Å²) in [4.78, 5) is 28.0. The summed E-state index contributed by atoms with van der Waals surface area (Å²) in [7, 11) is -3.96. The molecule has 2 aromatic heterocycles. The van der Waals surface area contributed by atoms with Gasteiger partial charge in [-0.05, 0) is 31.0 Å². The molecule has 11 heteroatoms. The van der Waals surface area contributed by atoms with Crippen LogP contribution in [0.25, 0.3) is 11.1 Å². The van der Waals surface area contributed by atoms with E-state index < -0.39 is 38.4 Å². The maximum atomic E-state index is 14.8. The number of sulfone groups is 1. The standard InChI is InChI=1S/C20H19FN2O6S2/c1-20(18(25)26,31(2,27)28)6-8-23-12-16(21)15(11-17(23)24)13-4-3-5-14(10-13)29-19-22-7-9-30-19/h3-5,7,9-12H,6,8H2,1-2H3,(H,25,26)/t20-/m1/s1. The summed E-state index contributed by atoms with van der Waals surface area (Å²) in [5, 5.41) is 11.5. The van der Waals surface area contributed by atoms with Gasteiger partial charge in [0.15, 0.2) is 14.6 Å². The molecule has 2 heterocycles. The number of carbonyl (C=O) groups is 1. The van der Waals surface area contributed by atoms with Crippen molar-refractivity contribution in [2.75, 3.05) is 6.26 Å². The third-order valence-corrected chi connectivity index (χ3v) is 7.60. The molecule has 0 bridgehead atoms. The molecule has 0 aliphatic rings. The van der Waals surface area contributed by atoms with E-state index in [-0.39, 0.29) is 12.1 Å². The van der Waals surface area contributed by atoms with E-state index in [4.69, 9.17) is 4.74 Å². The molecule has 0 saturated carbocycles. The maximum absolute atomic E-state index is 14.8. The van der Waals surface area contributed by atoms with Gasteiger partial charge in [0.25, 0.3) is 10.8 Å². The lowest BCUT2D eigenvalue weighted by Gasteiger charge is -2.23. The molecule has 0 saturated heterocycles. The number of aryl methyl sites for hydroxylation is 1. The number of carboxylic acid groups (broad SMARTS) is 1. The van der Waals surface area contributed by atoms with Crippen LogP contribution in [0.3, 0.4) is 0 Å². The lowest BCUT2D eigenvalue weighted by atomic mass is 10.1. The van der Waals surface area contributed by atoms with Crippen molar-refractivity contribution in [3.8, 4) is 22.1 Å². The Kier molecular flexibility index (Phi) is 6.27. The number of aliphatic carboxylic acids is 1. The van der Waals surface area contributed by atoms with E-state index in [1.807, 2.05) is 0 Å². The molecule has 8 nitrogen and oxygen atoms in total. The topological polar surface area (TPSA) is 116 Å². The highest BCUT2D eigenvalue weighted by molar-refractivity contribution is 7.92. The number of rotatable bonds is 8. The number of benzene rings is 1. The molecule has 0 amide bonds. The minimum Gasteiger partial charge on any atom is -0.480 e. The van der Waals surface area contributed by atoms with Crippen LogP contribution in [-0.2, 0) is 21.2 Å². The highest BCUT2D eigenvalue weighted by atomic mass is 32.2. The van der Waals surface area contributed by atoms with Gasteiger partial charge in [-0.3, -0.25) is 9.59 Å². The van der Waals surface area contributed by atoms with Gasteiger partial charge in [-0.2, -0.15) is 0 Å². The van der Waals surface area contributed by atoms with Crippen LogP contribution in [0.4, 0.5) is 4.39 Å². The molecule has 3 rings (SSSR count). The van der Waals surface area contributed by atoms with Crippen molar-refractivity contribution in [3.63, 3.8) is 0 Å². The molecule has 1 atom stereocenters. The highest BCUT2D eigenvalue weighted by Crippen LogP contribution is 2.29. The Morgan fingerprint density at radius 1 is 1.35 bits per heavy atom. The SMILES string of the molecule is C[C@@](CCn1cc(F)c(-c2cccc(Oc3nccs3)c2)cc1=O)(C(=O)O)S(C)(=O)=O. The van der Waals surface area contributed by atoms with Crippen LogP contribution >= 0.6 is 11.3 Å². The summed E-state index contributed by atoms with van der Waals surface area (Å²) in [5.74, 6) is -1.83. The van der Waals surface area contributed by atoms with Crippen molar-refractivity contribution >= 4 is 27.1 Å². The van der Waals surface area contributed by atoms with Gasteiger partial charge >= 0.3 is 5.97 Å². The third-order valence-electron chi connectivity index (χ3n) is 4.94. The summed E-state index contributed by atoms with van der Waals surface area (Å²) in [6, 6.07) is 7.57. The molecule has 1 aromatic carbocycles. The zero-order valence-electron chi connectivity index (χ0n) is 16.6. The fraction of sp³-hybridized carbons (Fsp3) is 0.250. The molecule has 0 aliphatic carbocycles. The number of nitrogens with zero attached hydrogens (tertiary/aromatic N) is 2. The average molecular weight is 467 g/mol. The van der Waals surface area contributed by atoms with E-state index in [0.717, 1.165) is 30.0 Å². The van der Waals surface area contributed by atoms with Crippen molar-refractivity contribution in [2.24, 2.45) is 0 Å². The summed E-state index contributed by atoms with van der Waals surface area (Å²) in [6.07, 6.45) is 2.95. The zero-order chi connectivity index (χ0) is 22.8. The Labute approximate surface area is 181 Å². The Bertz CT molecular complexity index is 1270. The van der Waals surface area contributed by atoms with E-state index in [0.29, 0.717) is 16.5 Å². The van der Waals surface area contributed by atoms with Crippen molar-refractivity contribution in [1.29, 1.82) is 0 Å². The van der Waals surface area contributed by atoms with E-state index in [1.54, 1.807) is 35.8 Å². The summed E-state index contributed by atoms with van der Waals surface area (Å²) in [6.45, 7) is 0.785. The quantitative estimate of drug-likeness (QED) is 0.542. The number of hydrogen-bond acceptors (Lipinski definition) is 7. The Hall–Kier alpha value is -3.05. The monoisotopic (exact) mass is 466 g/mol. The summed E-state index contributed by atoms with van der Waals surface area (Å²) < 4.78 is 43.0. The molecule has 0 fully saturated rings. The van der Waals surface area contributed by atoms with Gasteiger partial charge < -0.3 is 14.4 Å². The predicted molar refractivity (Wildman–Crippen MR) is 114 cm³/mol. The van der Waals surface area contributed by atoms with Crippen LogP contribution in [0.15, 0.2) is 52.9 Å². The number of aromatic nitrogens is 2. The molecular weight excluding hydrogens is 447 g/mol. The molecular formula is C20H19FN2O6S2. The number of ether oxygens (including phenoxy) is 1. The van der Waals surface area contributed by atoms with Gasteiger partial charge in [-0.25, -0.2) is 17.8 Å². The van der Waals surface area contributed by atoms with Crippen molar-refractivity contribution in [3.05, 3.63) is 64.3 Å². The number of halogens is 1. The Morgan fingerprint density at radius 2 is 2.10 bits per heavy atom. The second-order valence-electron chi connectivity index (χ2n) is 7.05. The number of pyridine rings is 1. The van der Waals surface area contributed by atoms with E-state index in [2.05, 4.69) is 4.98 Å². The van der Waals surface area contributed by atoms with Gasteiger partial charge in [0.05, 0.1) is 0 Å². The normalized spacial score (nSPS) is 13.5. The van der Waals surface area contributed by atoms with E-state index >= 15 is 0 Å². The van der Waals surface area contributed by atoms with E-state index in [9.17, 15) is 27.5 Å². The maximum Gasteiger partial charge on any atom is 0.324 e. The van der Waals surface area contributed by atoms with Crippen LogP contribution in [0.5, 0.6) is 10.9 Å². The van der Waals surface area contributed by atoms with Crippen LogP contribution in [-0.4, -0.2) is 40.0 Å². The first kappa shape index (κ1) is 22.6. The average Bonchev–Trinajstić information content (AvgIpc) is 3.20. The van der Waals surface area contributed by atoms with Crippen LogP contribution < -0.4 is 10.3 Å². The molecule has 1 N–H and O–H groups in total. The molecule has 0 aliphatic heterocycles. The van der Waals surface area contributed by atoms with Gasteiger partial charge in [0.1, 0.15) is 11.6 Å². The summed E-state index contributed by atoms with van der Waals surface area (Å²) in [5.41, 5.74) is -0.152. The first-order chi connectivity index (χ1) is 14.5. The first-order valence-corrected chi connectivity index (χ1v) is 11.8. The second kappa shape index (κ2) is 8.60. The smallest absolute Gasteiger partial charge is 0.324 e. The van der Waals surface area contributed by atoms with Crippen LogP contribution in [0, 0.1) is 5.82 Å². The van der Waals surface area contributed by atoms with Gasteiger partial charge in [0.2, 0.25) is 0 Å². The first-order valence-electron chi connectivity index (χ1n) is 9.02. The minimum absolute atomic E-state index is 0.0370. The van der Waals surface area contributed by atoms with Gasteiger partial charge in [-0.1, -0.05) is 23.5 Å². The van der Waals surface area contributed by atoms with Crippen molar-refractivity contribution in [2.45, 2.75) is 24.6 Å². The number of carboxylic acids is 1. The lowest BCUT2D eigenvalue weighted by Crippen LogP contribution is -2.44. The molecule has 0 unspecified atom stereocenters. The molecule has 3 aromatic rings. The van der Waals surface area contributed by atoms with Gasteiger partial charge in [-0.15, -0.1) is 0 Å². The molecule has 31 heavy (non-hydrogen) atoms. The molecule has 0 spiro atoms. The van der Waals surface area contributed by atoms with Crippen LogP contribution in [0.2, 0.25) is 0 Å². The number of thiazole rings is 1. The zero-order valence-corrected chi connectivity index (χ0v) is 18.2. The largest absolute Gasteiger partial charge is 0.480 e. The van der Waals surface area contributed by atoms with Crippen molar-refractivity contribution in [1.82, 2.24) is 9.55 Å². The number of hydrogen-bond donors (Lipinski definition) is 1. The Morgan fingerprint density at radius 3 is 2.71 bits per heavy atom. The summed E-state index contributed by atoms with van der Waals surface area (Å²) >= 11 is 1.29. The molecule has 0 radical (unpaired) electrons. The van der Waals surface area contributed by atoms with Crippen molar-refractivity contribution < 1.29 is 27.4 Å². The third kappa shape index (κ3) is 4.83. The second-order valence-corrected chi connectivity index (χ2v) is 10.4. The van der Waals surface area contributed by atoms with E-state index in [1.165, 1.54) is 11.3 Å². The molecule has 164 valence electrons. The fourth-order valence-corrected chi connectivity index (χ4v) is 4.10. The lowest BCUT2D eigenvalue weighted by molar-refractivity contribution is -0.139. The van der Waals surface area contributed by atoms with Crippen LogP contribution in [0.1, 0.15) is 13.3 Å².